The smallest absolute Gasteiger partial charge is 0.198 e. The Labute approximate surface area is 156 Å². The number of aromatic hydroxyl groups is 2. The summed E-state index contributed by atoms with van der Waals surface area (Å²) in [5, 5.41) is 31.5. The van der Waals surface area contributed by atoms with E-state index in [0.29, 0.717) is 6.29 Å². The lowest BCUT2D eigenvalue weighted by molar-refractivity contribution is -0.112. The van der Waals surface area contributed by atoms with Gasteiger partial charge in [0.05, 0.1) is 17.2 Å². The Bertz CT molecular complexity index is 960. The molecule has 0 amide bonds. The van der Waals surface area contributed by atoms with E-state index in [-0.39, 0.29) is 46.2 Å². The van der Waals surface area contributed by atoms with Gasteiger partial charge < -0.3 is 20.1 Å². The minimum absolute atomic E-state index is 0.0230. The van der Waals surface area contributed by atoms with Crippen LogP contribution in [-0.4, -0.2) is 33.2 Å². The van der Waals surface area contributed by atoms with Gasteiger partial charge in [-0.25, -0.2) is 0 Å². The normalized spacial score (nSPS) is 20.0. The van der Waals surface area contributed by atoms with Crippen molar-refractivity contribution in [3.8, 4) is 11.5 Å². The van der Waals surface area contributed by atoms with Gasteiger partial charge in [-0.3, -0.25) is 9.59 Å². The zero-order valence-corrected chi connectivity index (χ0v) is 15.0. The highest BCUT2D eigenvalue weighted by molar-refractivity contribution is 6.30. The summed E-state index contributed by atoms with van der Waals surface area (Å²) < 4.78 is 0. The van der Waals surface area contributed by atoms with E-state index in [1.54, 1.807) is 12.1 Å². The molecule has 27 heavy (non-hydrogen) atoms. The van der Waals surface area contributed by atoms with Gasteiger partial charge in [-0.05, 0) is 12.8 Å². The average Bonchev–Trinajstić information content (AvgIpc) is 2.69. The van der Waals surface area contributed by atoms with Crippen molar-refractivity contribution in [2.24, 2.45) is 5.92 Å². The number of benzene rings is 2. The third-order valence-corrected chi connectivity index (χ3v) is 4.98. The molecule has 2 aliphatic carbocycles. The van der Waals surface area contributed by atoms with Gasteiger partial charge in [0.15, 0.2) is 11.6 Å². The van der Waals surface area contributed by atoms with Crippen LogP contribution in [0, 0.1) is 5.92 Å². The molecule has 0 bridgehead atoms. The largest absolute Gasteiger partial charge is 0.507 e. The second-order valence-corrected chi connectivity index (χ2v) is 6.40. The van der Waals surface area contributed by atoms with Gasteiger partial charge in [0.25, 0.3) is 0 Å². The van der Waals surface area contributed by atoms with Gasteiger partial charge in [0.1, 0.15) is 17.8 Å². The maximum absolute atomic E-state index is 12.8. The fraction of sp³-hybridized carbons (Fsp3) is 0.286. The first-order valence-electron chi connectivity index (χ1n) is 8.88. The van der Waals surface area contributed by atoms with Gasteiger partial charge in [0.2, 0.25) is 0 Å². The van der Waals surface area contributed by atoms with Crippen LogP contribution in [0.1, 0.15) is 69.3 Å². The van der Waals surface area contributed by atoms with E-state index in [4.69, 9.17) is 0 Å². The summed E-state index contributed by atoms with van der Waals surface area (Å²) >= 11 is 0. The number of aliphatic hydroxyl groups excluding tert-OH is 1. The Kier molecular flexibility index (Phi) is 4.85. The van der Waals surface area contributed by atoms with E-state index in [0.717, 1.165) is 0 Å². The van der Waals surface area contributed by atoms with E-state index < -0.39 is 35.1 Å². The molecule has 2 aliphatic rings. The number of aldehydes is 1. The third-order valence-electron chi connectivity index (χ3n) is 4.98. The minimum atomic E-state index is -1.20. The molecule has 0 heterocycles. The first kappa shape index (κ1) is 18.8. The van der Waals surface area contributed by atoms with E-state index in [1.807, 2.05) is 13.8 Å². The van der Waals surface area contributed by atoms with Gasteiger partial charge >= 0.3 is 0 Å². The zero-order valence-electron chi connectivity index (χ0n) is 15.0. The number of phenolic OH excluding ortho intramolecular Hbond substituents is 2. The van der Waals surface area contributed by atoms with Crippen LogP contribution < -0.4 is 0 Å². The third kappa shape index (κ3) is 2.64. The van der Waals surface area contributed by atoms with Gasteiger partial charge in [0, 0.05) is 28.2 Å². The molecule has 2 aromatic rings. The standard InChI is InChI=1S/C19H14O6.C2H6/c20-7-8-5-11-13(12(21)6-8)19(25)15-14(18(11)24)16(22)9-3-1-2-4-10(9)17(15)23;1-2/h1-4,7-8,12,21,24-25H,5-6H2;1-2H3. The van der Waals surface area contributed by atoms with Gasteiger partial charge in [-0.15, -0.1) is 0 Å². The lowest BCUT2D eigenvalue weighted by Gasteiger charge is -2.30. The molecule has 6 heteroatoms. The molecule has 2 atom stereocenters. The maximum Gasteiger partial charge on any atom is 0.198 e. The van der Waals surface area contributed by atoms with Crippen LogP contribution in [0.25, 0.3) is 0 Å². The summed E-state index contributed by atoms with van der Waals surface area (Å²) in [4.78, 5) is 36.7. The van der Waals surface area contributed by atoms with Crippen LogP contribution in [0.3, 0.4) is 0 Å². The van der Waals surface area contributed by atoms with Crippen LogP contribution in [0.2, 0.25) is 0 Å². The Morgan fingerprint density at radius 3 is 2.00 bits per heavy atom. The molecule has 2 unspecified atom stereocenters. The summed E-state index contributed by atoms with van der Waals surface area (Å²) in [7, 11) is 0. The fourth-order valence-electron chi connectivity index (χ4n) is 3.80. The Morgan fingerprint density at radius 2 is 1.48 bits per heavy atom. The number of ketones is 2. The van der Waals surface area contributed by atoms with Gasteiger partial charge in [-0.1, -0.05) is 38.1 Å². The SMILES string of the molecule is CC.O=CC1Cc2c(O)c3c(c(O)c2C(O)C1)C(=O)c1ccccc1C3=O. The monoisotopic (exact) mass is 368 g/mol. The number of phenols is 2. The first-order chi connectivity index (χ1) is 13.0. The van der Waals surface area contributed by atoms with Crippen molar-refractivity contribution in [3.05, 3.63) is 57.6 Å². The lowest BCUT2D eigenvalue weighted by Crippen LogP contribution is -2.26. The molecule has 0 fully saturated rings. The Hall–Kier alpha value is -2.99. The molecule has 2 aromatic carbocycles. The predicted octanol–water partition coefficient (Wildman–Crippen LogP) is 2.69. The second-order valence-electron chi connectivity index (χ2n) is 6.40. The maximum atomic E-state index is 12.8. The lowest BCUT2D eigenvalue weighted by atomic mass is 9.75. The van der Waals surface area contributed by atoms with E-state index in [2.05, 4.69) is 0 Å². The zero-order chi connectivity index (χ0) is 19.9. The number of carbonyl (C=O) groups is 3. The van der Waals surface area contributed by atoms with Gasteiger partial charge in [-0.2, -0.15) is 0 Å². The minimum Gasteiger partial charge on any atom is -0.507 e. The highest BCUT2D eigenvalue weighted by Crippen LogP contribution is 2.48. The highest BCUT2D eigenvalue weighted by Gasteiger charge is 2.40. The summed E-state index contributed by atoms with van der Waals surface area (Å²) in [6.45, 7) is 4.00. The van der Waals surface area contributed by atoms with Crippen molar-refractivity contribution in [1.82, 2.24) is 0 Å². The van der Waals surface area contributed by atoms with E-state index in [9.17, 15) is 29.7 Å². The number of aliphatic hydroxyl groups is 1. The van der Waals surface area contributed by atoms with Crippen molar-refractivity contribution in [3.63, 3.8) is 0 Å². The molecule has 0 saturated carbocycles. The molecule has 0 spiro atoms. The van der Waals surface area contributed by atoms with Crippen LogP contribution >= 0.6 is 0 Å². The topological polar surface area (TPSA) is 112 Å². The molecule has 0 aromatic heterocycles. The summed E-state index contributed by atoms with van der Waals surface area (Å²) in [5.74, 6) is -2.62. The average molecular weight is 368 g/mol. The number of rotatable bonds is 1. The highest BCUT2D eigenvalue weighted by atomic mass is 16.3. The summed E-state index contributed by atoms with van der Waals surface area (Å²) in [5.41, 5.74) is -0.0894. The molecule has 140 valence electrons. The number of carbonyl (C=O) groups excluding carboxylic acids is 3. The molecule has 3 N–H and O–H groups in total. The van der Waals surface area contributed by atoms with Crippen LogP contribution in [0.5, 0.6) is 11.5 Å². The Balaban J connectivity index is 0.00000102. The number of hydrogen-bond acceptors (Lipinski definition) is 6. The molecular weight excluding hydrogens is 348 g/mol. The van der Waals surface area contributed by atoms with E-state index >= 15 is 0 Å². The van der Waals surface area contributed by atoms with Crippen LogP contribution in [0.15, 0.2) is 24.3 Å². The van der Waals surface area contributed by atoms with Crippen LogP contribution in [0.4, 0.5) is 0 Å². The van der Waals surface area contributed by atoms with Crippen molar-refractivity contribution < 1.29 is 29.7 Å². The van der Waals surface area contributed by atoms with Crippen LogP contribution in [-0.2, 0) is 11.2 Å². The summed E-state index contributed by atoms with van der Waals surface area (Å²) in [6, 6.07) is 6.18. The van der Waals surface area contributed by atoms with Crippen molar-refractivity contribution >= 4 is 17.9 Å². The predicted molar refractivity (Wildman–Crippen MR) is 97.3 cm³/mol. The number of fused-ring (bicyclic) bond motifs is 3. The quantitative estimate of drug-likeness (QED) is 0.450. The van der Waals surface area contributed by atoms with Crippen molar-refractivity contribution in [2.75, 3.05) is 0 Å². The summed E-state index contributed by atoms with van der Waals surface area (Å²) in [6.07, 6.45) is -0.355. The second kappa shape index (κ2) is 6.96. The Morgan fingerprint density at radius 1 is 0.963 bits per heavy atom. The molecule has 4 rings (SSSR count). The van der Waals surface area contributed by atoms with E-state index in [1.165, 1.54) is 12.1 Å². The molecule has 0 aliphatic heterocycles. The fourth-order valence-corrected chi connectivity index (χ4v) is 3.80. The van der Waals surface area contributed by atoms with Crippen molar-refractivity contribution in [1.29, 1.82) is 0 Å². The van der Waals surface area contributed by atoms with Crippen molar-refractivity contribution in [2.45, 2.75) is 32.8 Å². The first-order valence-corrected chi connectivity index (χ1v) is 8.88. The number of hydrogen-bond donors (Lipinski definition) is 3. The molecule has 0 radical (unpaired) electrons. The molecule has 6 nitrogen and oxygen atoms in total. The molecule has 0 saturated heterocycles. The molecular formula is C21H20O6.